The third-order valence-corrected chi connectivity index (χ3v) is 2.78. The lowest BCUT2D eigenvalue weighted by Gasteiger charge is -2.12. The van der Waals surface area contributed by atoms with Gasteiger partial charge in [0.2, 0.25) is 0 Å². The van der Waals surface area contributed by atoms with Gasteiger partial charge in [0.25, 0.3) is 0 Å². The van der Waals surface area contributed by atoms with E-state index in [-0.39, 0.29) is 30.0 Å². The van der Waals surface area contributed by atoms with Crippen molar-refractivity contribution in [1.82, 2.24) is 0 Å². The van der Waals surface area contributed by atoms with Crippen molar-refractivity contribution in [1.29, 1.82) is 5.41 Å². The number of hydrogen-bond donors (Lipinski definition) is 2. The van der Waals surface area contributed by atoms with Crippen molar-refractivity contribution >= 4 is 17.6 Å². The minimum absolute atomic E-state index is 0.0973. The first-order valence-electron chi connectivity index (χ1n) is 5.19. The maximum atomic E-state index is 11.9. The standard InChI is InChI=1S/C11H13F3N2O2S/c1-17-9-6-7(10(15)16)2-3-8(9)18-4-5-19-11(12,13)14/h2-3,6H,4-5H2,1H3,(H3,15,16). The van der Waals surface area contributed by atoms with Crippen LogP contribution in [0.15, 0.2) is 18.2 Å². The second-order valence-corrected chi connectivity index (χ2v) is 4.58. The fourth-order valence-corrected chi connectivity index (χ4v) is 1.66. The molecular weight excluding hydrogens is 281 g/mol. The highest BCUT2D eigenvalue weighted by molar-refractivity contribution is 8.00. The number of rotatable bonds is 6. The number of benzene rings is 1. The highest BCUT2D eigenvalue weighted by atomic mass is 32.2. The molecule has 106 valence electrons. The number of hydrogen-bond acceptors (Lipinski definition) is 4. The monoisotopic (exact) mass is 294 g/mol. The molecule has 4 nitrogen and oxygen atoms in total. The molecule has 0 spiro atoms. The van der Waals surface area contributed by atoms with Crippen LogP contribution in [-0.4, -0.2) is 30.8 Å². The van der Waals surface area contributed by atoms with Crippen LogP contribution >= 0.6 is 11.8 Å². The van der Waals surface area contributed by atoms with E-state index < -0.39 is 5.51 Å². The summed E-state index contributed by atoms with van der Waals surface area (Å²) in [7, 11) is 1.40. The average molecular weight is 294 g/mol. The number of nitrogen functional groups attached to an aromatic ring is 1. The fourth-order valence-electron chi connectivity index (χ4n) is 1.26. The number of thioether (sulfide) groups is 1. The maximum Gasteiger partial charge on any atom is 0.441 e. The Balaban J connectivity index is 2.61. The van der Waals surface area contributed by atoms with Gasteiger partial charge in [-0.05, 0) is 30.0 Å². The highest BCUT2D eigenvalue weighted by Gasteiger charge is 2.27. The summed E-state index contributed by atoms with van der Waals surface area (Å²) in [5, 5.41) is 7.27. The minimum atomic E-state index is -4.26. The van der Waals surface area contributed by atoms with Crippen LogP contribution in [0.25, 0.3) is 0 Å². The first-order valence-corrected chi connectivity index (χ1v) is 6.18. The van der Waals surface area contributed by atoms with E-state index in [1.165, 1.54) is 25.3 Å². The summed E-state index contributed by atoms with van der Waals surface area (Å²) in [6, 6.07) is 4.54. The van der Waals surface area contributed by atoms with Gasteiger partial charge in [-0.3, -0.25) is 5.41 Å². The minimum Gasteiger partial charge on any atom is -0.493 e. The molecule has 0 amide bonds. The Labute approximate surface area is 112 Å². The summed E-state index contributed by atoms with van der Waals surface area (Å²) in [6.07, 6.45) is 0. The first kappa shape index (κ1) is 15.5. The van der Waals surface area contributed by atoms with Gasteiger partial charge in [0.15, 0.2) is 11.5 Å². The van der Waals surface area contributed by atoms with Crippen LogP contribution in [0.2, 0.25) is 0 Å². The van der Waals surface area contributed by atoms with E-state index in [2.05, 4.69) is 0 Å². The van der Waals surface area contributed by atoms with Crippen molar-refractivity contribution in [2.75, 3.05) is 19.5 Å². The molecule has 8 heteroatoms. The predicted molar refractivity (Wildman–Crippen MR) is 68.0 cm³/mol. The van der Waals surface area contributed by atoms with Gasteiger partial charge in [-0.2, -0.15) is 13.2 Å². The Morgan fingerprint density at radius 3 is 2.58 bits per heavy atom. The normalized spacial score (nSPS) is 11.2. The van der Waals surface area contributed by atoms with Gasteiger partial charge in [0.1, 0.15) is 5.84 Å². The number of ether oxygens (including phenoxy) is 2. The van der Waals surface area contributed by atoms with Crippen molar-refractivity contribution in [3.63, 3.8) is 0 Å². The average Bonchev–Trinajstić information content (AvgIpc) is 2.33. The molecule has 0 unspecified atom stereocenters. The van der Waals surface area contributed by atoms with E-state index >= 15 is 0 Å². The van der Waals surface area contributed by atoms with Crippen molar-refractivity contribution in [2.45, 2.75) is 5.51 Å². The van der Waals surface area contributed by atoms with Crippen LogP contribution in [0.1, 0.15) is 5.56 Å². The lowest BCUT2D eigenvalue weighted by Crippen LogP contribution is -2.11. The number of halogens is 3. The first-order chi connectivity index (χ1) is 8.83. The van der Waals surface area contributed by atoms with E-state index in [4.69, 9.17) is 20.6 Å². The second-order valence-electron chi connectivity index (χ2n) is 3.42. The van der Waals surface area contributed by atoms with Crippen molar-refractivity contribution in [3.05, 3.63) is 23.8 Å². The molecule has 0 atom stereocenters. The van der Waals surface area contributed by atoms with Gasteiger partial charge in [-0.15, -0.1) is 0 Å². The van der Waals surface area contributed by atoms with Gasteiger partial charge >= 0.3 is 5.51 Å². The molecule has 0 saturated heterocycles. The molecule has 19 heavy (non-hydrogen) atoms. The van der Waals surface area contributed by atoms with Gasteiger partial charge in [-0.25, -0.2) is 0 Å². The lowest BCUT2D eigenvalue weighted by atomic mass is 10.2. The molecule has 1 rings (SSSR count). The molecule has 0 aliphatic rings. The Kier molecular flexibility index (Phi) is 5.34. The SMILES string of the molecule is COc1cc(C(=N)N)ccc1OCCSC(F)(F)F. The number of methoxy groups -OCH3 is 1. The van der Waals surface area contributed by atoms with Gasteiger partial charge in [0, 0.05) is 11.3 Å². The van der Waals surface area contributed by atoms with Crippen molar-refractivity contribution in [2.24, 2.45) is 5.73 Å². The van der Waals surface area contributed by atoms with E-state index in [0.717, 1.165) is 0 Å². The van der Waals surface area contributed by atoms with Crippen molar-refractivity contribution in [3.8, 4) is 11.5 Å². The van der Waals surface area contributed by atoms with Crippen LogP contribution in [0, 0.1) is 5.41 Å². The zero-order valence-electron chi connectivity index (χ0n) is 10.1. The Morgan fingerprint density at radius 1 is 1.37 bits per heavy atom. The summed E-state index contributed by atoms with van der Waals surface area (Å²) in [4.78, 5) is 0. The van der Waals surface area contributed by atoms with Crippen LogP contribution in [0.3, 0.4) is 0 Å². The number of alkyl halides is 3. The third-order valence-electron chi connectivity index (χ3n) is 2.08. The summed E-state index contributed by atoms with van der Waals surface area (Å²) < 4.78 is 46.0. The molecule has 0 aliphatic heterocycles. The molecule has 0 heterocycles. The zero-order chi connectivity index (χ0) is 14.5. The molecule has 0 aliphatic carbocycles. The van der Waals surface area contributed by atoms with Crippen LogP contribution < -0.4 is 15.2 Å². The number of nitrogens with two attached hydrogens (primary N) is 1. The molecule has 0 aromatic heterocycles. The van der Waals surface area contributed by atoms with Gasteiger partial charge in [0.05, 0.1) is 13.7 Å². The quantitative estimate of drug-likeness (QED) is 0.481. The molecule has 0 fully saturated rings. The molecular formula is C11H13F3N2O2S. The fraction of sp³-hybridized carbons (Fsp3) is 0.364. The maximum absolute atomic E-state index is 11.9. The van der Waals surface area contributed by atoms with Gasteiger partial charge in [-0.1, -0.05) is 0 Å². The van der Waals surface area contributed by atoms with E-state index in [1.807, 2.05) is 0 Å². The Hall–Kier alpha value is -1.57. The molecule has 3 N–H and O–H groups in total. The molecule has 0 saturated carbocycles. The molecule has 1 aromatic rings. The smallest absolute Gasteiger partial charge is 0.441 e. The summed E-state index contributed by atoms with van der Waals surface area (Å²) in [5.74, 6) is 0.304. The molecule has 0 bridgehead atoms. The number of amidine groups is 1. The number of nitrogens with one attached hydrogen (secondary N) is 1. The highest BCUT2D eigenvalue weighted by Crippen LogP contribution is 2.31. The van der Waals surface area contributed by atoms with Crippen molar-refractivity contribution < 1.29 is 22.6 Å². The largest absolute Gasteiger partial charge is 0.493 e. The summed E-state index contributed by atoms with van der Waals surface area (Å²) >= 11 is -0.146. The Morgan fingerprint density at radius 2 is 2.05 bits per heavy atom. The van der Waals surface area contributed by atoms with E-state index in [0.29, 0.717) is 17.1 Å². The topological polar surface area (TPSA) is 68.3 Å². The molecule has 0 radical (unpaired) electrons. The molecule has 1 aromatic carbocycles. The van der Waals surface area contributed by atoms with E-state index in [1.54, 1.807) is 0 Å². The van der Waals surface area contributed by atoms with Crippen LogP contribution in [0.4, 0.5) is 13.2 Å². The van der Waals surface area contributed by atoms with Crippen LogP contribution in [-0.2, 0) is 0 Å². The Bertz CT molecular complexity index is 452. The van der Waals surface area contributed by atoms with Gasteiger partial charge < -0.3 is 15.2 Å². The van der Waals surface area contributed by atoms with Crippen LogP contribution in [0.5, 0.6) is 11.5 Å². The summed E-state index contributed by atoms with van der Waals surface area (Å²) in [6.45, 7) is -0.0973. The zero-order valence-corrected chi connectivity index (χ0v) is 10.9. The second kappa shape index (κ2) is 6.55. The summed E-state index contributed by atoms with van der Waals surface area (Å²) in [5.41, 5.74) is 1.51. The predicted octanol–water partition coefficient (Wildman–Crippen LogP) is 2.61. The lowest BCUT2D eigenvalue weighted by molar-refractivity contribution is -0.0329. The third kappa shape index (κ3) is 5.29. The van der Waals surface area contributed by atoms with E-state index in [9.17, 15) is 13.2 Å².